The predicted octanol–water partition coefficient (Wildman–Crippen LogP) is 2.93. The molecule has 2 heterocycles. The second-order valence-electron chi connectivity index (χ2n) is 8.37. The fourth-order valence-corrected chi connectivity index (χ4v) is 4.65. The van der Waals surface area contributed by atoms with Crippen molar-refractivity contribution in [1.29, 1.82) is 0 Å². The molecule has 1 atom stereocenters. The monoisotopic (exact) mass is 437 g/mol. The minimum absolute atomic E-state index is 0.595. The third kappa shape index (κ3) is 5.03. The third-order valence-corrected chi connectivity index (χ3v) is 6.49. The van der Waals surface area contributed by atoms with Gasteiger partial charge in [-0.1, -0.05) is 12.1 Å². The third-order valence-electron chi connectivity index (χ3n) is 6.49. The Kier molecular flexibility index (Phi) is 7.24. The molecule has 0 spiro atoms. The minimum atomic E-state index is 0.595. The van der Waals surface area contributed by atoms with Gasteiger partial charge in [-0.25, -0.2) is 0 Å². The maximum atomic E-state index is 5.55. The van der Waals surface area contributed by atoms with Crippen molar-refractivity contribution in [3.8, 4) is 11.5 Å². The first-order valence-corrected chi connectivity index (χ1v) is 11.4. The Morgan fingerprint density at radius 3 is 2.38 bits per heavy atom. The normalized spacial score (nSPS) is 19.3. The van der Waals surface area contributed by atoms with E-state index in [1.165, 1.54) is 17.8 Å². The molecule has 2 fully saturated rings. The molecule has 0 aromatic heterocycles. The Balaban J connectivity index is 1.26. The van der Waals surface area contributed by atoms with Gasteiger partial charge in [-0.3, -0.25) is 4.99 Å². The molecular formula is C25H35N5O2. The number of anilines is 2. The lowest BCUT2D eigenvalue weighted by molar-refractivity contribution is 0.369. The SMILES string of the molecule is CN=C(NCC1CCN(c2ccccc2OC)C1)N1CCN(c2ccc(OC)cc2)CC1. The van der Waals surface area contributed by atoms with Crippen LogP contribution in [0.3, 0.4) is 0 Å². The topological polar surface area (TPSA) is 52.6 Å². The van der Waals surface area contributed by atoms with E-state index in [1.807, 2.05) is 31.3 Å². The van der Waals surface area contributed by atoms with Crippen LogP contribution in [-0.2, 0) is 0 Å². The molecule has 32 heavy (non-hydrogen) atoms. The van der Waals surface area contributed by atoms with Crippen LogP contribution >= 0.6 is 0 Å². The van der Waals surface area contributed by atoms with Crippen molar-refractivity contribution < 1.29 is 9.47 Å². The highest BCUT2D eigenvalue weighted by atomic mass is 16.5. The standard InChI is InChI=1S/C25H35N5O2/c1-26-25(29-16-14-28(15-17-29)21-8-10-22(31-2)11-9-21)27-18-20-12-13-30(19-20)23-6-4-5-7-24(23)32-3/h4-11,20H,12-19H2,1-3H3,(H,26,27). The number of aliphatic imine (C=N–C) groups is 1. The van der Waals surface area contributed by atoms with Gasteiger partial charge >= 0.3 is 0 Å². The summed E-state index contributed by atoms with van der Waals surface area (Å²) in [4.78, 5) is 11.8. The van der Waals surface area contributed by atoms with E-state index in [9.17, 15) is 0 Å². The Hall–Kier alpha value is -3.09. The Morgan fingerprint density at radius 2 is 1.69 bits per heavy atom. The van der Waals surface area contributed by atoms with Crippen molar-refractivity contribution in [3.05, 3.63) is 48.5 Å². The first kappa shape index (κ1) is 22.1. The second-order valence-corrected chi connectivity index (χ2v) is 8.37. The molecule has 0 saturated carbocycles. The summed E-state index contributed by atoms with van der Waals surface area (Å²) in [5.41, 5.74) is 2.44. The smallest absolute Gasteiger partial charge is 0.193 e. The number of benzene rings is 2. The van der Waals surface area contributed by atoms with Crippen LogP contribution in [0.4, 0.5) is 11.4 Å². The highest BCUT2D eigenvalue weighted by Crippen LogP contribution is 2.31. The van der Waals surface area contributed by atoms with Gasteiger partial charge in [-0.05, 0) is 48.7 Å². The van der Waals surface area contributed by atoms with Gasteiger partial charge in [0.1, 0.15) is 11.5 Å². The number of methoxy groups -OCH3 is 2. The van der Waals surface area contributed by atoms with Gasteiger partial charge in [0.25, 0.3) is 0 Å². The summed E-state index contributed by atoms with van der Waals surface area (Å²) in [6, 6.07) is 16.6. The zero-order valence-electron chi connectivity index (χ0n) is 19.5. The molecule has 172 valence electrons. The number of para-hydroxylation sites is 2. The number of hydrogen-bond donors (Lipinski definition) is 1. The number of hydrogen-bond acceptors (Lipinski definition) is 5. The highest BCUT2D eigenvalue weighted by Gasteiger charge is 2.26. The number of ether oxygens (including phenoxy) is 2. The summed E-state index contributed by atoms with van der Waals surface area (Å²) in [7, 11) is 5.33. The number of piperazine rings is 1. The molecular weight excluding hydrogens is 402 g/mol. The first-order valence-electron chi connectivity index (χ1n) is 11.4. The summed E-state index contributed by atoms with van der Waals surface area (Å²) in [6.45, 7) is 6.93. The van der Waals surface area contributed by atoms with Gasteiger partial charge in [0.05, 0.1) is 19.9 Å². The molecule has 0 bridgehead atoms. The molecule has 0 amide bonds. The fourth-order valence-electron chi connectivity index (χ4n) is 4.65. The zero-order valence-corrected chi connectivity index (χ0v) is 19.5. The molecule has 2 aromatic rings. The predicted molar refractivity (Wildman–Crippen MR) is 131 cm³/mol. The van der Waals surface area contributed by atoms with Gasteiger partial charge in [-0.2, -0.15) is 0 Å². The van der Waals surface area contributed by atoms with Crippen molar-refractivity contribution in [2.45, 2.75) is 6.42 Å². The molecule has 7 heteroatoms. The molecule has 2 aliphatic heterocycles. The maximum Gasteiger partial charge on any atom is 0.193 e. The van der Waals surface area contributed by atoms with E-state index in [-0.39, 0.29) is 0 Å². The van der Waals surface area contributed by atoms with E-state index in [4.69, 9.17) is 9.47 Å². The molecule has 1 N–H and O–H groups in total. The first-order chi connectivity index (χ1) is 15.7. The van der Waals surface area contributed by atoms with Crippen LogP contribution in [0.5, 0.6) is 11.5 Å². The van der Waals surface area contributed by atoms with Crippen molar-refractivity contribution in [2.24, 2.45) is 10.9 Å². The van der Waals surface area contributed by atoms with E-state index in [2.05, 4.69) is 49.3 Å². The largest absolute Gasteiger partial charge is 0.497 e. The average molecular weight is 438 g/mol. The molecule has 2 saturated heterocycles. The summed E-state index contributed by atoms with van der Waals surface area (Å²) < 4.78 is 10.8. The van der Waals surface area contributed by atoms with Crippen LogP contribution in [0.25, 0.3) is 0 Å². The highest BCUT2D eigenvalue weighted by molar-refractivity contribution is 5.80. The molecule has 1 unspecified atom stereocenters. The van der Waals surface area contributed by atoms with Crippen LogP contribution < -0.4 is 24.6 Å². The second kappa shape index (κ2) is 10.5. The average Bonchev–Trinajstić information content (AvgIpc) is 3.33. The molecule has 4 rings (SSSR count). The lowest BCUT2D eigenvalue weighted by Gasteiger charge is -2.38. The zero-order chi connectivity index (χ0) is 22.3. The van der Waals surface area contributed by atoms with Crippen LogP contribution in [0.1, 0.15) is 6.42 Å². The van der Waals surface area contributed by atoms with Crippen LogP contribution in [0, 0.1) is 5.92 Å². The molecule has 0 aliphatic carbocycles. The number of nitrogens with zero attached hydrogens (tertiary/aromatic N) is 4. The van der Waals surface area contributed by atoms with E-state index < -0.39 is 0 Å². The summed E-state index contributed by atoms with van der Waals surface area (Å²) in [6.07, 6.45) is 1.17. The maximum absolute atomic E-state index is 5.55. The summed E-state index contributed by atoms with van der Waals surface area (Å²) >= 11 is 0. The molecule has 7 nitrogen and oxygen atoms in total. The van der Waals surface area contributed by atoms with Crippen LogP contribution in [0.15, 0.2) is 53.5 Å². The van der Waals surface area contributed by atoms with Crippen molar-refractivity contribution >= 4 is 17.3 Å². The fraction of sp³-hybridized carbons (Fsp3) is 0.480. The van der Waals surface area contributed by atoms with E-state index in [1.54, 1.807) is 14.2 Å². The molecule has 2 aromatic carbocycles. The van der Waals surface area contributed by atoms with Gasteiger partial charge < -0.3 is 29.5 Å². The number of rotatable bonds is 6. The molecule has 2 aliphatic rings. The van der Waals surface area contributed by atoms with Crippen molar-refractivity contribution in [1.82, 2.24) is 10.2 Å². The lowest BCUT2D eigenvalue weighted by atomic mass is 10.1. The van der Waals surface area contributed by atoms with E-state index in [0.717, 1.165) is 63.3 Å². The quantitative estimate of drug-likeness (QED) is 0.554. The van der Waals surface area contributed by atoms with Crippen LogP contribution in [0.2, 0.25) is 0 Å². The van der Waals surface area contributed by atoms with Gasteiger partial charge in [-0.15, -0.1) is 0 Å². The van der Waals surface area contributed by atoms with Gasteiger partial charge in [0.15, 0.2) is 5.96 Å². The summed E-state index contributed by atoms with van der Waals surface area (Å²) in [5.74, 6) is 3.45. The van der Waals surface area contributed by atoms with Crippen LogP contribution in [-0.4, -0.2) is 77.9 Å². The van der Waals surface area contributed by atoms with Crippen molar-refractivity contribution in [3.63, 3.8) is 0 Å². The summed E-state index contributed by atoms with van der Waals surface area (Å²) in [5, 5.41) is 3.63. The van der Waals surface area contributed by atoms with Gasteiger partial charge in [0.2, 0.25) is 0 Å². The van der Waals surface area contributed by atoms with Gasteiger partial charge in [0, 0.05) is 58.5 Å². The number of nitrogens with one attached hydrogen (secondary N) is 1. The Bertz CT molecular complexity index is 893. The van der Waals surface area contributed by atoms with E-state index in [0.29, 0.717) is 5.92 Å². The van der Waals surface area contributed by atoms with Crippen molar-refractivity contribution in [2.75, 3.05) is 76.9 Å². The minimum Gasteiger partial charge on any atom is -0.497 e. The Morgan fingerprint density at radius 1 is 0.938 bits per heavy atom. The molecule has 0 radical (unpaired) electrons. The lowest BCUT2D eigenvalue weighted by Crippen LogP contribution is -2.53. The number of guanidine groups is 1. The Labute approximate surface area is 191 Å². The van der Waals surface area contributed by atoms with E-state index >= 15 is 0 Å².